The van der Waals surface area contributed by atoms with Crippen molar-refractivity contribution in [2.45, 2.75) is 186 Å². The van der Waals surface area contributed by atoms with Crippen LogP contribution in [0.2, 0.25) is 36.3 Å². The van der Waals surface area contributed by atoms with Gasteiger partial charge in [0.1, 0.15) is 35.2 Å². The van der Waals surface area contributed by atoms with E-state index in [-0.39, 0.29) is 35.5 Å². The summed E-state index contributed by atoms with van der Waals surface area (Å²) in [5, 5.41) is 17.2. The summed E-state index contributed by atoms with van der Waals surface area (Å²) in [6.07, 6.45) is -8.79. The van der Waals surface area contributed by atoms with Crippen LogP contribution in [0.3, 0.4) is 0 Å². The van der Waals surface area contributed by atoms with E-state index in [1.807, 2.05) is 39.9 Å². The standard InChI is InChI=1S/C60H81NO15Si2/c1-16-78(17-2,18-3)75-44-33-45-59(35-70-45,74-38(6)63)50-52(73-54(66)41-31-25-26-32-42(41)69-13)60(68)34-43(36(4)46(57(60,10)11)48(71-37(5)62)51(64)58(44,50)12)72-55(67)49(76-77(14,15)56(7,8)9)47(39-27-21-19-22-28-39)61-53(65)40-29-23-20-24-30-40/h19-32,43-45,47-50,52,68H,16-18,33-35H2,1-15H3,(H,61,65)/t43-,44-,45+,47-,48+,49+,50-,52-,58+,59-,60+/m0/s1. The highest BCUT2D eigenvalue weighted by atomic mass is 28.4. The number of hydrogen-bond donors (Lipinski definition) is 2. The van der Waals surface area contributed by atoms with Gasteiger partial charge in [0, 0.05) is 37.7 Å². The molecular formula is C60H81NO15Si2. The van der Waals surface area contributed by atoms with Gasteiger partial charge in [0.25, 0.3) is 5.91 Å². The van der Waals surface area contributed by atoms with Crippen LogP contribution >= 0.6 is 0 Å². The van der Waals surface area contributed by atoms with Crippen molar-refractivity contribution in [3.63, 3.8) is 0 Å². The van der Waals surface area contributed by atoms with Crippen molar-refractivity contribution in [2.75, 3.05) is 13.7 Å². The van der Waals surface area contributed by atoms with Crippen molar-refractivity contribution in [1.82, 2.24) is 5.32 Å². The van der Waals surface area contributed by atoms with E-state index in [2.05, 4.69) is 26.1 Å². The Morgan fingerprint density at radius 3 is 1.96 bits per heavy atom. The van der Waals surface area contributed by atoms with E-state index in [0.717, 1.165) is 0 Å². The predicted molar refractivity (Wildman–Crippen MR) is 296 cm³/mol. The lowest BCUT2D eigenvalue weighted by Gasteiger charge is -2.68. The molecule has 2 saturated carbocycles. The van der Waals surface area contributed by atoms with Gasteiger partial charge in [0.15, 0.2) is 40.2 Å². The Morgan fingerprint density at radius 1 is 0.833 bits per heavy atom. The summed E-state index contributed by atoms with van der Waals surface area (Å²) < 4.78 is 52.8. The van der Waals surface area contributed by atoms with Gasteiger partial charge in [-0.25, -0.2) is 9.59 Å². The molecule has 0 unspecified atom stereocenters. The Labute approximate surface area is 461 Å². The summed E-state index contributed by atoms with van der Waals surface area (Å²) >= 11 is 0. The van der Waals surface area contributed by atoms with Crippen molar-refractivity contribution < 1.29 is 71.1 Å². The van der Waals surface area contributed by atoms with E-state index in [9.17, 15) is 19.5 Å². The van der Waals surface area contributed by atoms with Gasteiger partial charge < -0.3 is 47.7 Å². The second kappa shape index (κ2) is 22.6. The van der Waals surface area contributed by atoms with Gasteiger partial charge in [-0.3, -0.25) is 19.2 Å². The maximum absolute atomic E-state index is 16.7. The quantitative estimate of drug-likeness (QED) is 0.0526. The molecule has 7 rings (SSSR count). The van der Waals surface area contributed by atoms with Crippen molar-refractivity contribution >= 4 is 52.2 Å². The fourth-order valence-electron chi connectivity index (χ4n) is 12.5. The van der Waals surface area contributed by atoms with E-state index in [0.29, 0.717) is 29.3 Å². The zero-order valence-corrected chi connectivity index (χ0v) is 50.1. The summed E-state index contributed by atoms with van der Waals surface area (Å²) in [5.74, 6) is -5.82. The molecule has 0 radical (unpaired) electrons. The second-order valence-electron chi connectivity index (χ2n) is 23.9. The second-order valence-corrected chi connectivity index (χ2v) is 33.4. The van der Waals surface area contributed by atoms with Crippen LogP contribution in [0.1, 0.15) is 128 Å². The van der Waals surface area contributed by atoms with Crippen LogP contribution < -0.4 is 10.1 Å². The van der Waals surface area contributed by atoms with Gasteiger partial charge in [0.2, 0.25) is 0 Å². The lowest BCUT2D eigenvalue weighted by molar-refractivity contribution is -0.344. The Balaban J connectivity index is 1.51. The number of Topliss-reactive ketones (excluding diaryl/α,β-unsaturated/α-hetero) is 1. The topological polar surface area (TPSA) is 209 Å². The molecule has 3 aromatic carbocycles. The third-order valence-corrected chi connectivity index (χ3v) is 27.4. The van der Waals surface area contributed by atoms with Crippen molar-refractivity contribution in [3.05, 3.63) is 113 Å². The fourth-order valence-corrected chi connectivity index (χ4v) is 16.6. The number of carbonyl (C=O) groups excluding carboxylic acids is 6. The Kier molecular flexibility index (Phi) is 17.4. The third-order valence-electron chi connectivity index (χ3n) is 18.3. The number of aliphatic hydroxyl groups is 1. The number of esters is 4. The third kappa shape index (κ3) is 10.7. The highest BCUT2D eigenvalue weighted by Gasteiger charge is 2.79. The van der Waals surface area contributed by atoms with Gasteiger partial charge >= 0.3 is 23.9 Å². The molecule has 16 nitrogen and oxygen atoms in total. The van der Waals surface area contributed by atoms with Crippen LogP contribution in [0.4, 0.5) is 0 Å². The van der Waals surface area contributed by atoms with Crippen LogP contribution in [0, 0.1) is 16.7 Å². The number of fused-ring (bicyclic) bond motifs is 5. The fraction of sp³-hybridized carbons (Fsp3) is 0.567. The summed E-state index contributed by atoms with van der Waals surface area (Å²) in [6.45, 7) is 25.0. The summed E-state index contributed by atoms with van der Waals surface area (Å²) in [7, 11) is -4.24. The highest BCUT2D eigenvalue weighted by Crippen LogP contribution is 2.65. The highest BCUT2D eigenvalue weighted by molar-refractivity contribution is 6.74. The van der Waals surface area contributed by atoms with Crippen LogP contribution in [0.25, 0.3) is 0 Å². The molecule has 424 valence electrons. The number of ketones is 1. The molecule has 2 bridgehead atoms. The van der Waals surface area contributed by atoms with E-state index in [1.165, 1.54) is 27.0 Å². The summed E-state index contributed by atoms with van der Waals surface area (Å²) in [4.78, 5) is 89.2. The minimum absolute atomic E-state index is 0.00364. The smallest absolute Gasteiger partial charge is 0.342 e. The average molecular weight is 1110 g/mol. The van der Waals surface area contributed by atoms with Gasteiger partial charge in [-0.15, -0.1) is 0 Å². The Hall–Kier alpha value is -5.51. The minimum atomic E-state index is -2.96. The van der Waals surface area contributed by atoms with E-state index >= 15 is 14.4 Å². The molecule has 2 N–H and O–H groups in total. The molecule has 1 heterocycles. The molecular weight excluding hydrogens is 1030 g/mol. The molecule has 1 saturated heterocycles. The number of amides is 1. The number of nitrogens with one attached hydrogen (secondary N) is 1. The number of carbonyl (C=O) groups is 6. The number of hydrogen-bond acceptors (Lipinski definition) is 15. The van der Waals surface area contributed by atoms with Crippen LogP contribution in [0.5, 0.6) is 5.75 Å². The zero-order valence-electron chi connectivity index (χ0n) is 48.1. The molecule has 18 heteroatoms. The number of methoxy groups -OCH3 is 1. The molecule has 3 aliphatic carbocycles. The first-order valence-electron chi connectivity index (χ1n) is 27.3. The first-order chi connectivity index (χ1) is 36.5. The lowest BCUT2D eigenvalue weighted by Crippen LogP contribution is -2.82. The van der Waals surface area contributed by atoms with Crippen molar-refractivity contribution in [3.8, 4) is 5.75 Å². The predicted octanol–water partition coefficient (Wildman–Crippen LogP) is 9.80. The Bertz CT molecular complexity index is 2770. The molecule has 0 spiro atoms. The molecule has 4 aliphatic rings. The molecule has 1 amide bonds. The van der Waals surface area contributed by atoms with Gasteiger partial charge in [-0.2, -0.15) is 0 Å². The van der Waals surface area contributed by atoms with E-state index < -0.39 is 134 Å². The molecule has 3 fully saturated rings. The number of para-hydroxylation sites is 1. The Morgan fingerprint density at radius 2 is 1.42 bits per heavy atom. The van der Waals surface area contributed by atoms with Crippen molar-refractivity contribution in [1.29, 1.82) is 0 Å². The minimum Gasteiger partial charge on any atom is -0.496 e. The SMILES string of the molecule is CC[Si](CC)(CC)O[C@H]1C[C@H]2OC[C@@]2(OC(C)=O)[C@H]2[C@H](OC(=O)c3ccccc3OC)[C@]3(O)C[C@H](OC(=O)[C@H](O[Si](C)(C)C(C)(C)C)[C@@H](NC(=O)c4ccccc4)c4ccccc4)C(C)=C([C@@H](OC(C)=O)C(=O)[C@]12C)C3(C)C. The maximum atomic E-state index is 16.7. The first-order valence-corrected chi connectivity index (χ1v) is 32.7. The number of ether oxygens (including phenoxy) is 6. The molecule has 0 aromatic heterocycles. The van der Waals surface area contributed by atoms with E-state index in [4.69, 9.17) is 37.3 Å². The van der Waals surface area contributed by atoms with Crippen LogP contribution in [-0.4, -0.2) is 119 Å². The van der Waals surface area contributed by atoms with Crippen LogP contribution in [-0.2, 0) is 51.7 Å². The first kappa shape index (κ1) is 60.1. The molecule has 11 atom stereocenters. The average Bonchev–Trinajstić information content (AvgIpc) is 3.57. The summed E-state index contributed by atoms with van der Waals surface area (Å²) in [5.41, 5.74) is -6.36. The van der Waals surface area contributed by atoms with E-state index in [1.54, 1.807) is 100 Å². The lowest BCUT2D eigenvalue weighted by atomic mass is 9.44. The summed E-state index contributed by atoms with van der Waals surface area (Å²) in [6, 6.07) is 24.9. The van der Waals surface area contributed by atoms with Crippen molar-refractivity contribution in [2.24, 2.45) is 16.7 Å². The molecule has 1 aliphatic heterocycles. The zero-order chi connectivity index (χ0) is 57.6. The molecule has 3 aromatic rings. The van der Waals surface area contributed by atoms with Crippen LogP contribution in [0.15, 0.2) is 96.1 Å². The largest absolute Gasteiger partial charge is 0.496 e. The normalized spacial score (nSPS) is 28.4. The monoisotopic (exact) mass is 1110 g/mol. The number of benzene rings is 3. The maximum Gasteiger partial charge on any atom is 0.342 e. The van der Waals surface area contributed by atoms with Gasteiger partial charge in [0.05, 0.1) is 37.2 Å². The van der Waals surface area contributed by atoms with Gasteiger partial charge in [-0.1, -0.05) is 116 Å². The number of rotatable bonds is 18. The van der Waals surface area contributed by atoms with Gasteiger partial charge in [-0.05, 0) is 91.1 Å². The molecule has 78 heavy (non-hydrogen) atoms.